The van der Waals surface area contributed by atoms with E-state index in [0.29, 0.717) is 51.5 Å². The van der Waals surface area contributed by atoms with Crippen molar-refractivity contribution < 1.29 is 168 Å². The highest BCUT2D eigenvalue weighted by Gasteiger charge is 2.57. The van der Waals surface area contributed by atoms with Gasteiger partial charge in [0, 0.05) is 39.0 Å². The molecule has 5 rings (SSSR count). The molecule has 0 aromatic carbocycles. The minimum absolute atomic E-state index is 0.0390. The van der Waals surface area contributed by atoms with Gasteiger partial charge in [0.1, 0.15) is 116 Å². The van der Waals surface area contributed by atoms with Crippen LogP contribution in [0.2, 0.25) is 0 Å². The third-order valence-corrected chi connectivity index (χ3v) is 24.3. The summed E-state index contributed by atoms with van der Waals surface area (Å²) in [6.45, 7) is 2.17. The Morgan fingerprint density at radius 2 is 0.680 bits per heavy atom. The fraction of sp³-hybridized carbons (Fsp3) is 0.943. The van der Waals surface area contributed by atoms with E-state index in [-0.39, 0.29) is 64.0 Å². The fourth-order valence-corrected chi connectivity index (χ4v) is 16.5. The van der Waals surface area contributed by atoms with Crippen LogP contribution in [-0.4, -0.2) is 346 Å². The third-order valence-electron chi connectivity index (χ3n) is 24.3. The molecule has 37 heteroatoms. The lowest BCUT2D eigenvalue weighted by atomic mass is 9.95. The molecule has 28 atom stereocenters. The second kappa shape index (κ2) is 65.0. The van der Waals surface area contributed by atoms with E-state index in [1.165, 1.54) is 173 Å². The molecule has 0 unspecified atom stereocenters. The number of carboxylic acid groups (broad SMARTS) is 2. The maximum absolute atomic E-state index is 13.5. The zero-order valence-corrected chi connectivity index (χ0v) is 74.2. The molecule has 732 valence electrons. The Balaban J connectivity index is 0.934. The highest BCUT2D eigenvalue weighted by atomic mass is 16.8. The molecule has 21 N–H and O–H groups in total. The van der Waals surface area contributed by atoms with Crippen molar-refractivity contribution in [3.05, 3.63) is 0 Å². The largest absolute Gasteiger partial charge is 0.479 e. The number of hydrogen-bond acceptors (Lipinski definition) is 32. The summed E-state index contributed by atoms with van der Waals surface area (Å²) >= 11 is 0. The highest BCUT2D eigenvalue weighted by molar-refractivity contribution is 5.77. The predicted octanol–water partition coefficient (Wildman–Crippen LogP) is 3.33. The van der Waals surface area contributed by atoms with E-state index in [4.69, 9.17) is 52.1 Å². The van der Waals surface area contributed by atoms with Crippen molar-refractivity contribution in [2.24, 2.45) is 0 Å². The number of carboxylic acids is 2. The Hall–Kier alpha value is -3.73. The molecule has 0 aromatic rings. The van der Waals surface area contributed by atoms with Crippen LogP contribution >= 0.6 is 0 Å². The molecule has 0 aromatic heterocycles. The van der Waals surface area contributed by atoms with Crippen LogP contribution in [0.25, 0.3) is 0 Å². The average Bonchev–Trinajstić information content (AvgIpc) is 0.767. The summed E-state index contributed by atoms with van der Waals surface area (Å²) in [5, 5.41) is 202. The summed E-state index contributed by atoms with van der Waals surface area (Å²) in [7, 11) is 0. The van der Waals surface area contributed by atoms with Crippen molar-refractivity contribution in [1.29, 1.82) is 0 Å². The van der Waals surface area contributed by atoms with Crippen molar-refractivity contribution in [3.8, 4) is 0 Å². The molecule has 37 nitrogen and oxygen atoms in total. The molecule has 0 saturated carbocycles. The van der Waals surface area contributed by atoms with Crippen LogP contribution in [0.5, 0.6) is 0 Å². The minimum Gasteiger partial charge on any atom is -0.479 e. The fourth-order valence-electron chi connectivity index (χ4n) is 16.5. The third kappa shape index (κ3) is 41.1. The number of hydrogen-bond donors (Lipinski definition) is 21. The van der Waals surface area contributed by atoms with Crippen LogP contribution in [0, 0.1) is 0 Å². The topological polar surface area (TPSA) is 587 Å². The molecule has 0 spiro atoms. The maximum atomic E-state index is 13.5. The van der Waals surface area contributed by atoms with E-state index in [1.807, 2.05) is 0 Å². The number of unbranched alkanes of at least 4 members (excludes halogenated alkanes) is 37. The van der Waals surface area contributed by atoms with Gasteiger partial charge in [0.15, 0.2) is 43.7 Å². The zero-order valence-electron chi connectivity index (χ0n) is 74.2. The van der Waals surface area contributed by atoms with E-state index in [0.717, 1.165) is 51.4 Å². The first kappa shape index (κ1) is 112. The van der Waals surface area contributed by atoms with Crippen molar-refractivity contribution in [2.45, 2.75) is 475 Å². The van der Waals surface area contributed by atoms with Gasteiger partial charge in [0.05, 0.1) is 45.2 Å². The summed E-state index contributed by atoms with van der Waals surface area (Å²) < 4.78 is 61.6. The molecule has 5 aliphatic heterocycles. The lowest BCUT2D eigenvalue weighted by Gasteiger charge is -2.48. The van der Waals surface area contributed by atoms with Crippen LogP contribution in [0.15, 0.2) is 0 Å². The van der Waals surface area contributed by atoms with Gasteiger partial charge in [-0.25, -0.2) is 9.59 Å². The molecule has 0 bridgehead atoms. The van der Waals surface area contributed by atoms with Crippen LogP contribution in [-0.2, 0) is 76.1 Å². The first-order chi connectivity index (χ1) is 60.2. The van der Waals surface area contributed by atoms with Crippen molar-refractivity contribution in [2.75, 3.05) is 52.7 Å². The van der Waals surface area contributed by atoms with Gasteiger partial charge in [0.25, 0.3) is 0 Å². The number of rotatable bonds is 71. The average molecular weight is 1810 g/mol. The molecule has 5 saturated heterocycles. The van der Waals surface area contributed by atoms with Crippen molar-refractivity contribution in [3.63, 3.8) is 0 Å². The smallest absolute Gasteiger partial charge is 0.335 e. The van der Waals surface area contributed by atoms with Crippen LogP contribution < -0.4 is 16.0 Å². The normalized spacial score (nSPS) is 31.0. The monoisotopic (exact) mass is 1800 g/mol. The molecule has 125 heavy (non-hydrogen) atoms. The maximum Gasteiger partial charge on any atom is 0.335 e. The summed E-state index contributed by atoms with van der Waals surface area (Å²) in [5.41, 5.74) is 0. The minimum atomic E-state index is -2.32. The molecule has 5 heterocycles. The van der Waals surface area contributed by atoms with E-state index < -0.39 is 203 Å². The second-order valence-corrected chi connectivity index (χ2v) is 34.7. The number of carbonyl (C=O) groups is 5. The van der Waals surface area contributed by atoms with E-state index >= 15 is 0 Å². The number of aliphatic carboxylic acids is 2. The second-order valence-electron chi connectivity index (χ2n) is 34.7. The van der Waals surface area contributed by atoms with E-state index in [9.17, 15) is 116 Å². The Labute approximate surface area is 737 Å². The Morgan fingerprint density at radius 1 is 0.328 bits per heavy atom. The number of ether oxygens (including phenoxy) is 11. The van der Waals surface area contributed by atoms with Gasteiger partial charge in [-0.1, -0.05) is 245 Å². The lowest BCUT2D eigenvalue weighted by Crippen LogP contribution is -2.68. The Kier molecular flexibility index (Phi) is 58.1. The standard InChI is InChI=1S/C88H161N3O34/c1-3-5-7-9-11-13-15-17-18-19-20-21-22-23-24-25-26-27-29-31-33-35-39-47-63(97)91-56(64(98)57(94)44-38-34-32-30-28-16-14-12-10-8-6-4-2)54-117-85-71(105)66(100)65(99)60(120-85)55-115-50-43-37-36-42-48-89-61(95)45-40-41-46-62(96)90-49-51-116-84-73(107)69(103)77(58(52-92)118-84)122-88-76(110)79(75(109)81(125-88)83(113)114)123-86-74(108)70(104)78(59(53-93)119-86)121-87-72(106)67(101)68(102)80(124-87)82(111)112/h56-60,64-81,84-88,92-94,98-110H,3-55H2,1-2H3,(H,89,95)(H,90,96)(H,91,97)(H,111,112)(H,113,114)/t56-,57+,58+,59+,60+,64-,65-,66-,67-,68+,69+,70+,71+,72+,73+,74+,75-,76+,77+,78+,79-,80-,81-,84+,85-,86-,87+,88+/m0/s1. The van der Waals surface area contributed by atoms with E-state index in [1.54, 1.807) is 0 Å². The molecular weight excluding hydrogens is 1640 g/mol. The Morgan fingerprint density at radius 3 is 1.16 bits per heavy atom. The number of amides is 3. The van der Waals surface area contributed by atoms with Gasteiger partial charge >= 0.3 is 11.9 Å². The van der Waals surface area contributed by atoms with Gasteiger partial charge < -0.3 is 160 Å². The Bertz CT molecular complexity index is 2820. The van der Waals surface area contributed by atoms with Crippen LogP contribution in [0.3, 0.4) is 0 Å². The first-order valence-corrected chi connectivity index (χ1v) is 47.3. The quantitative estimate of drug-likeness (QED) is 0.0388. The first-order valence-electron chi connectivity index (χ1n) is 47.3. The summed E-state index contributed by atoms with van der Waals surface area (Å²) in [5.74, 6) is -4.56. The molecule has 5 fully saturated rings. The lowest BCUT2D eigenvalue weighted by molar-refractivity contribution is -0.385. The number of aliphatic hydroxyl groups excluding tert-OH is 16. The number of aliphatic hydroxyl groups is 16. The highest BCUT2D eigenvalue weighted by Crippen LogP contribution is 2.36. The van der Waals surface area contributed by atoms with Crippen molar-refractivity contribution in [1.82, 2.24) is 16.0 Å². The number of nitrogens with one attached hydrogen (secondary N) is 3. The van der Waals surface area contributed by atoms with Gasteiger partial charge in [-0.2, -0.15) is 0 Å². The van der Waals surface area contributed by atoms with E-state index in [2.05, 4.69) is 29.8 Å². The van der Waals surface area contributed by atoms with Crippen LogP contribution in [0.1, 0.15) is 303 Å². The summed E-state index contributed by atoms with van der Waals surface area (Å²) in [6, 6.07) is -1.07. The molecule has 0 radical (unpaired) electrons. The van der Waals surface area contributed by atoms with Gasteiger partial charge in [-0.05, 0) is 38.5 Å². The van der Waals surface area contributed by atoms with Crippen LogP contribution in [0.4, 0.5) is 0 Å². The molecule has 3 amide bonds. The molecular formula is C88H161N3O34. The molecule has 5 aliphatic rings. The van der Waals surface area contributed by atoms with Crippen molar-refractivity contribution >= 4 is 29.7 Å². The SMILES string of the molecule is CCCCCCCCCCCCCCCCCCCCCCCCCC(=O)N[C@@H](CO[C@H]1O[C@H](COCCCCCCNC(=O)CCCCC(=O)NCCO[C@@H]2O[C@H](CO)[C@@H](O[C@@H]3O[C@H](C(=O)O)[C@@H](O)[C@H](O[C@@H]4O[C@H](CO)[C@@H](O[C@@H]5O[C@H](C(=O)O)[C@H](O)[C@H](O)[C@H]5O)[C@H](O)[C@H]4O)[C@H]3O)[C@H](O)[C@H]2O)[C@H](O)[C@H](O)[C@H]1O)[C@H](O)[C@H](O)CCCCCCCCCCCCCC. The summed E-state index contributed by atoms with van der Waals surface area (Å²) in [4.78, 5) is 62.8. The van der Waals surface area contributed by atoms with Gasteiger partial charge in [0.2, 0.25) is 17.7 Å². The number of carbonyl (C=O) groups excluding carboxylic acids is 3. The summed E-state index contributed by atoms with van der Waals surface area (Å²) in [6.07, 6.45) is -4.37. The van der Waals surface area contributed by atoms with Gasteiger partial charge in [-0.15, -0.1) is 0 Å². The van der Waals surface area contributed by atoms with Gasteiger partial charge in [-0.3, -0.25) is 14.4 Å². The predicted molar refractivity (Wildman–Crippen MR) is 451 cm³/mol. The molecule has 0 aliphatic carbocycles. The zero-order chi connectivity index (χ0) is 91.4.